The number of anilines is 1. The van der Waals surface area contributed by atoms with Crippen molar-refractivity contribution in [3.8, 4) is 0 Å². The fourth-order valence-corrected chi connectivity index (χ4v) is 1.32. The number of carbonyl (C=O) groups is 1. The predicted octanol–water partition coefficient (Wildman–Crippen LogP) is 1.48. The third-order valence-electron chi connectivity index (χ3n) is 2.22. The minimum atomic E-state index is -0.429. The number of para-hydroxylation sites is 1. The second-order valence-electron chi connectivity index (χ2n) is 3.53. The molecule has 0 aromatic heterocycles. The lowest BCUT2D eigenvalue weighted by Gasteiger charge is -2.07. The quantitative estimate of drug-likeness (QED) is 0.431. The van der Waals surface area contributed by atoms with Crippen molar-refractivity contribution in [2.75, 3.05) is 38.8 Å². The van der Waals surface area contributed by atoms with Crippen molar-refractivity contribution < 1.29 is 19.0 Å². The maximum absolute atomic E-state index is 11.6. The topological polar surface area (TPSA) is 70.8 Å². The van der Waals surface area contributed by atoms with Gasteiger partial charge >= 0.3 is 5.97 Å². The van der Waals surface area contributed by atoms with E-state index < -0.39 is 5.97 Å². The van der Waals surface area contributed by atoms with Gasteiger partial charge in [0.15, 0.2) is 0 Å². The van der Waals surface area contributed by atoms with Crippen molar-refractivity contribution in [1.29, 1.82) is 0 Å². The van der Waals surface area contributed by atoms with Crippen LogP contribution in [-0.4, -0.2) is 39.0 Å². The van der Waals surface area contributed by atoms with Gasteiger partial charge in [0.1, 0.15) is 6.61 Å². The van der Waals surface area contributed by atoms with Crippen molar-refractivity contribution in [2.45, 2.75) is 6.92 Å². The molecule has 2 N–H and O–H groups in total. The molecule has 1 rings (SSSR count). The highest BCUT2D eigenvalue weighted by Crippen LogP contribution is 2.11. The Kier molecular flexibility index (Phi) is 6.83. The van der Waals surface area contributed by atoms with Crippen molar-refractivity contribution in [1.82, 2.24) is 0 Å². The Morgan fingerprint density at radius 3 is 2.50 bits per heavy atom. The first-order valence-electron chi connectivity index (χ1n) is 5.92. The van der Waals surface area contributed by atoms with Crippen LogP contribution in [0.25, 0.3) is 0 Å². The Bertz CT molecular complexity index is 368. The van der Waals surface area contributed by atoms with Crippen LogP contribution in [0.2, 0.25) is 0 Å². The summed E-state index contributed by atoms with van der Waals surface area (Å²) in [6.45, 7) is 4.21. The molecule has 0 saturated heterocycles. The van der Waals surface area contributed by atoms with Crippen molar-refractivity contribution in [3.05, 3.63) is 29.8 Å². The van der Waals surface area contributed by atoms with Crippen LogP contribution in [-0.2, 0) is 14.2 Å². The lowest BCUT2D eigenvalue weighted by molar-refractivity contribution is 0.0164. The molecule has 0 spiro atoms. The van der Waals surface area contributed by atoms with Crippen molar-refractivity contribution in [2.24, 2.45) is 0 Å². The van der Waals surface area contributed by atoms with E-state index in [1.165, 1.54) is 0 Å². The van der Waals surface area contributed by atoms with Crippen LogP contribution in [0.4, 0.5) is 5.69 Å². The first-order chi connectivity index (χ1) is 8.75. The zero-order valence-electron chi connectivity index (χ0n) is 10.6. The van der Waals surface area contributed by atoms with E-state index in [1.807, 2.05) is 6.92 Å². The summed E-state index contributed by atoms with van der Waals surface area (Å²) in [5, 5.41) is 0. The fraction of sp³-hybridized carbons (Fsp3) is 0.462. The van der Waals surface area contributed by atoms with E-state index in [1.54, 1.807) is 24.3 Å². The second-order valence-corrected chi connectivity index (χ2v) is 3.53. The molecule has 0 amide bonds. The van der Waals surface area contributed by atoms with Gasteiger partial charge in [0, 0.05) is 12.3 Å². The van der Waals surface area contributed by atoms with Crippen molar-refractivity contribution >= 4 is 11.7 Å². The summed E-state index contributed by atoms with van der Waals surface area (Å²) in [7, 11) is 0. The number of ether oxygens (including phenoxy) is 3. The molecule has 0 heterocycles. The van der Waals surface area contributed by atoms with E-state index in [2.05, 4.69) is 0 Å². The Balaban J connectivity index is 2.16. The molecule has 5 nitrogen and oxygen atoms in total. The summed E-state index contributed by atoms with van der Waals surface area (Å²) in [5.41, 5.74) is 6.46. The molecule has 0 aliphatic heterocycles. The van der Waals surface area contributed by atoms with Crippen LogP contribution in [0.15, 0.2) is 24.3 Å². The molecule has 0 atom stereocenters. The van der Waals surface area contributed by atoms with Crippen LogP contribution in [0.5, 0.6) is 0 Å². The molecule has 0 saturated carbocycles. The SMILES string of the molecule is CCOCCOCCOC(=O)c1ccccc1N. The third-order valence-corrected chi connectivity index (χ3v) is 2.22. The van der Waals surface area contributed by atoms with Gasteiger partial charge in [-0.2, -0.15) is 0 Å². The first kappa shape index (κ1) is 14.5. The molecular formula is C13H19NO4. The van der Waals surface area contributed by atoms with Gasteiger partial charge in [0.25, 0.3) is 0 Å². The zero-order valence-corrected chi connectivity index (χ0v) is 10.6. The highest BCUT2D eigenvalue weighted by molar-refractivity contribution is 5.94. The Morgan fingerprint density at radius 1 is 1.11 bits per heavy atom. The van der Waals surface area contributed by atoms with Gasteiger partial charge < -0.3 is 19.9 Å². The minimum Gasteiger partial charge on any atom is -0.460 e. The molecule has 18 heavy (non-hydrogen) atoms. The van der Waals surface area contributed by atoms with Crippen molar-refractivity contribution in [3.63, 3.8) is 0 Å². The molecule has 1 aromatic rings. The molecule has 1 aromatic carbocycles. The molecule has 0 radical (unpaired) electrons. The summed E-state index contributed by atoms with van der Waals surface area (Å²) in [4.78, 5) is 11.6. The van der Waals surface area contributed by atoms with Gasteiger partial charge in [-0.3, -0.25) is 0 Å². The lowest BCUT2D eigenvalue weighted by Crippen LogP contribution is -2.14. The normalized spacial score (nSPS) is 10.3. The second kappa shape index (κ2) is 8.49. The van der Waals surface area contributed by atoms with E-state index in [0.717, 1.165) is 0 Å². The van der Waals surface area contributed by atoms with E-state index in [4.69, 9.17) is 19.9 Å². The number of nitrogen functional groups attached to an aromatic ring is 1. The molecule has 0 fully saturated rings. The Morgan fingerprint density at radius 2 is 1.78 bits per heavy atom. The van der Waals surface area contributed by atoms with E-state index in [-0.39, 0.29) is 6.61 Å². The van der Waals surface area contributed by atoms with Gasteiger partial charge in [-0.25, -0.2) is 4.79 Å². The standard InChI is InChI=1S/C13H19NO4/c1-2-16-7-8-17-9-10-18-13(15)11-5-3-4-6-12(11)14/h3-6H,2,7-10,14H2,1H3. The summed E-state index contributed by atoms with van der Waals surface area (Å²) in [6.07, 6.45) is 0. The maximum atomic E-state index is 11.6. The average molecular weight is 253 g/mol. The highest BCUT2D eigenvalue weighted by Gasteiger charge is 2.09. The molecular weight excluding hydrogens is 234 g/mol. The monoisotopic (exact) mass is 253 g/mol. The maximum Gasteiger partial charge on any atom is 0.340 e. The first-order valence-corrected chi connectivity index (χ1v) is 5.92. The molecule has 100 valence electrons. The van der Waals surface area contributed by atoms with Gasteiger partial charge in [0.2, 0.25) is 0 Å². The van der Waals surface area contributed by atoms with Crippen LogP contribution in [0.1, 0.15) is 17.3 Å². The lowest BCUT2D eigenvalue weighted by atomic mass is 10.2. The molecule has 0 unspecified atom stereocenters. The minimum absolute atomic E-state index is 0.208. The smallest absolute Gasteiger partial charge is 0.340 e. The third kappa shape index (κ3) is 5.16. The van der Waals surface area contributed by atoms with Gasteiger partial charge in [0.05, 0.1) is 25.4 Å². The van der Waals surface area contributed by atoms with Gasteiger partial charge in [-0.15, -0.1) is 0 Å². The van der Waals surface area contributed by atoms with E-state index in [9.17, 15) is 4.79 Å². The van der Waals surface area contributed by atoms with Crippen LogP contribution in [0, 0.1) is 0 Å². The van der Waals surface area contributed by atoms with Crippen LogP contribution < -0.4 is 5.73 Å². The summed E-state index contributed by atoms with van der Waals surface area (Å²) in [5.74, 6) is -0.429. The Labute approximate surface area is 107 Å². The van der Waals surface area contributed by atoms with E-state index >= 15 is 0 Å². The van der Waals surface area contributed by atoms with Crippen LogP contribution in [0.3, 0.4) is 0 Å². The number of hydrogen-bond acceptors (Lipinski definition) is 5. The molecule has 0 aliphatic carbocycles. The average Bonchev–Trinajstić information content (AvgIpc) is 2.38. The number of rotatable bonds is 8. The summed E-state index contributed by atoms with van der Waals surface area (Å²) >= 11 is 0. The number of benzene rings is 1. The summed E-state index contributed by atoms with van der Waals surface area (Å²) in [6, 6.07) is 6.80. The molecule has 0 bridgehead atoms. The van der Waals surface area contributed by atoms with E-state index in [0.29, 0.717) is 37.7 Å². The number of hydrogen-bond donors (Lipinski definition) is 1. The zero-order chi connectivity index (χ0) is 13.2. The number of carbonyl (C=O) groups excluding carboxylic acids is 1. The van der Waals surface area contributed by atoms with Crippen LogP contribution >= 0.6 is 0 Å². The molecule has 0 aliphatic rings. The Hall–Kier alpha value is -1.59. The largest absolute Gasteiger partial charge is 0.460 e. The molecule has 5 heteroatoms. The number of esters is 1. The number of nitrogens with two attached hydrogens (primary N) is 1. The van der Waals surface area contributed by atoms with Gasteiger partial charge in [-0.05, 0) is 19.1 Å². The summed E-state index contributed by atoms with van der Waals surface area (Å²) < 4.78 is 15.3. The highest BCUT2D eigenvalue weighted by atomic mass is 16.6. The predicted molar refractivity (Wildman–Crippen MR) is 68.4 cm³/mol. The fourth-order valence-electron chi connectivity index (χ4n) is 1.32. The van der Waals surface area contributed by atoms with Gasteiger partial charge in [-0.1, -0.05) is 12.1 Å².